The third-order valence-corrected chi connectivity index (χ3v) is 4.41. The molecule has 0 aliphatic rings. The summed E-state index contributed by atoms with van der Waals surface area (Å²) in [5, 5.41) is 7.03. The number of rotatable bonds is 6. The second-order valence-electron chi connectivity index (χ2n) is 6.55. The van der Waals surface area contributed by atoms with Crippen molar-refractivity contribution in [1.29, 1.82) is 0 Å². The number of nitrogens with zero attached hydrogens (tertiary/aromatic N) is 2. The summed E-state index contributed by atoms with van der Waals surface area (Å²) in [7, 11) is 0. The number of Topliss-reactive ketones (excluding diaryl/α,β-unsaturated/α-hetero) is 1. The highest BCUT2D eigenvalue weighted by molar-refractivity contribution is 5.97. The Balaban J connectivity index is 1.64. The molecular weight excluding hydrogens is 370 g/mol. The predicted octanol–water partition coefficient (Wildman–Crippen LogP) is 3.49. The van der Waals surface area contributed by atoms with Crippen LogP contribution in [-0.2, 0) is 9.53 Å². The van der Waals surface area contributed by atoms with Crippen LogP contribution < -0.4 is 5.32 Å². The largest absolute Gasteiger partial charge is 0.452 e. The van der Waals surface area contributed by atoms with Crippen LogP contribution in [0.4, 0.5) is 5.69 Å². The van der Waals surface area contributed by atoms with Gasteiger partial charge >= 0.3 is 5.97 Å². The van der Waals surface area contributed by atoms with Gasteiger partial charge in [0.25, 0.3) is 5.91 Å². The Morgan fingerprint density at radius 2 is 1.66 bits per heavy atom. The van der Waals surface area contributed by atoms with Crippen molar-refractivity contribution in [2.24, 2.45) is 0 Å². The molecular formula is C22H21N3O4. The fourth-order valence-corrected chi connectivity index (χ4v) is 2.95. The normalized spacial score (nSPS) is 10.4. The van der Waals surface area contributed by atoms with E-state index < -0.39 is 18.5 Å². The number of ketones is 1. The first-order chi connectivity index (χ1) is 13.9. The van der Waals surface area contributed by atoms with Gasteiger partial charge in [0.1, 0.15) is 5.56 Å². The molecule has 0 bridgehead atoms. The average molecular weight is 391 g/mol. The Labute approximate surface area is 168 Å². The number of aromatic nitrogens is 2. The van der Waals surface area contributed by atoms with Crippen LogP contribution in [-0.4, -0.2) is 34.0 Å². The minimum Gasteiger partial charge on any atom is -0.452 e. The van der Waals surface area contributed by atoms with E-state index in [0.717, 1.165) is 5.69 Å². The highest BCUT2D eigenvalue weighted by Gasteiger charge is 2.21. The first kappa shape index (κ1) is 20.0. The first-order valence-electron chi connectivity index (χ1n) is 9.06. The van der Waals surface area contributed by atoms with Gasteiger partial charge < -0.3 is 10.1 Å². The fourth-order valence-electron chi connectivity index (χ4n) is 2.95. The summed E-state index contributed by atoms with van der Waals surface area (Å²) < 4.78 is 6.85. The number of esters is 1. The molecule has 0 fully saturated rings. The van der Waals surface area contributed by atoms with Gasteiger partial charge in [-0.1, -0.05) is 18.2 Å². The van der Waals surface area contributed by atoms with E-state index in [4.69, 9.17) is 4.74 Å². The van der Waals surface area contributed by atoms with Crippen LogP contribution in [0.1, 0.15) is 39.0 Å². The molecule has 1 N–H and O–H groups in total. The summed E-state index contributed by atoms with van der Waals surface area (Å²) in [4.78, 5) is 35.9. The Morgan fingerprint density at radius 3 is 2.28 bits per heavy atom. The summed E-state index contributed by atoms with van der Waals surface area (Å²) in [6.45, 7) is 4.54. The van der Waals surface area contributed by atoms with Crippen LogP contribution in [0, 0.1) is 13.8 Å². The van der Waals surface area contributed by atoms with Gasteiger partial charge in [0, 0.05) is 11.3 Å². The smallest absolute Gasteiger partial charge is 0.342 e. The second kappa shape index (κ2) is 8.52. The molecule has 0 atom stereocenters. The number of benzene rings is 2. The number of nitrogens with one attached hydrogen (secondary N) is 1. The van der Waals surface area contributed by atoms with Gasteiger partial charge in [-0.2, -0.15) is 5.10 Å². The molecule has 0 unspecified atom stereocenters. The van der Waals surface area contributed by atoms with Crippen molar-refractivity contribution in [3.05, 3.63) is 77.1 Å². The number of anilines is 1. The van der Waals surface area contributed by atoms with E-state index in [1.807, 2.05) is 30.3 Å². The molecule has 148 valence electrons. The summed E-state index contributed by atoms with van der Waals surface area (Å²) in [5.41, 5.74) is 3.40. The Morgan fingerprint density at radius 1 is 1.00 bits per heavy atom. The molecule has 29 heavy (non-hydrogen) atoms. The minimum atomic E-state index is -0.607. The molecule has 1 amide bonds. The number of hydrogen-bond donors (Lipinski definition) is 1. The topological polar surface area (TPSA) is 90.3 Å². The molecule has 3 aromatic rings. The first-order valence-corrected chi connectivity index (χ1v) is 9.06. The molecule has 0 saturated heterocycles. The zero-order valence-electron chi connectivity index (χ0n) is 16.4. The van der Waals surface area contributed by atoms with Crippen LogP contribution in [0.3, 0.4) is 0 Å². The van der Waals surface area contributed by atoms with E-state index in [-0.39, 0.29) is 5.78 Å². The molecule has 0 aliphatic heterocycles. The number of ether oxygens (including phenoxy) is 1. The number of carbonyl (C=O) groups excluding carboxylic acids is 3. The Bertz CT molecular complexity index is 1050. The van der Waals surface area contributed by atoms with Crippen LogP contribution in [0.15, 0.2) is 54.6 Å². The average Bonchev–Trinajstić information content (AvgIpc) is 3.01. The molecule has 0 aliphatic carbocycles. The lowest BCUT2D eigenvalue weighted by Gasteiger charge is -2.08. The van der Waals surface area contributed by atoms with Gasteiger partial charge in [-0.25, -0.2) is 9.48 Å². The van der Waals surface area contributed by atoms with Crippen LogP contribution in [0.2, 0.25) is 0 Å². The monoisotopic (exact) mass is 391 g/mol. The van der Waals surface area contributed by atoms with E-state index in [1.54, 1.807) is 42.8 Å². The maximum Gasteiger partial charge on any atom is 0.342 e. The van der Waals surface area contributed by atoms with E-state index in [2.05, 4.69) is 10.4 Å². The molecule has 7 heteroatoms. The fraction of sp³-hybridized carbons (Fsp3) is 0.182. The van der Waals surface area contributed by atoms with Gasteiger partial charge in [-0.05, 0) is 57.2 Å². The van der Waals surface area contributed by atoms with Gasteiger partial charge in [0.05, 0.1) is 17.1 Å². The van der Waals surface area contributed by atoms with Crippen molar-refractivity contribution in [1.82, 2.24) is 9.78 Å². The summed E-state index contributed by atoms with van der Waals surface area (Å²) >= 11 is 0. The molecule has 3 rings (SSSR count). The zero-order chi connectivity index (χ0) is 21.0. The third-order valence-electron chi connectivity index (χ3n) is 4.41. The molecule has 1 heterocycles. The quantitative estimate of drug-likeness (QED) is 0.513. The molecule has 1 aromatic heterocycles. The van der Waals surface area contributed by atoms with E-state index in [1.165, 1.54) is 6.92 Å². The SMILES string of the molecule is CC(=O)c1ccc(NC(=O)COC(=O)c2c(C)nn(-c3ccccc3)c2C)cc1. The Kier molecular flexibility index (Phi) is 5.87. The molecule has 0 radical (unpaired) electrons. The number of hydrogen-bond acceptors (Lipinski definition) is 5. The number of aryl methyl sites for hydroxylation is 1. The van der Waals surface area contributed by atoms with E-state index >= 15 is 0 Å². The second-order valence-corrected chi connectivity index (χ2v) is 6.55. The van der Waals surface area contributed by atoms with Crippen molar-refractivity contribution < 1.29 is 19.1 Å². The number of amides is 1. The lowest BCUT2D eigenvalue weighted by molar-refractivity contribution is -0.119. The van der Waals surface area contributed by atoms with Crippen LogP contribution >= 0.6 is 0 Å². The standard InChI is InChI=1S/C22H21N3O4/c1-14-21(15(2)25(24-14)19-7-5-4-6-8-19)22(28)29-13-20(27)23-18-11-9-17(10-12-18)16(3)26/h4-12H,13H2,1-3H3,(H,23,27). The third kappa shape index (κ3) is 4.57. The lowest BCUT2D eigenvalue weighted by atomic mass is 10.1. The predicted molar refractivity (Wildman–Crippen MR) is 108 cm³/mol. The van der Waals surface area contributed by atoms with Gasteiger partial charge in [0.2, 0.25) is 0 Å². The van der Waals surface area contributed by atoms with Gasteiger partial charge in [-0.3, -0.25) is 9.59 Å². The van der Waals surface area contributed by atoms with Gasteiger partial charge in [-0.15, -0.1) is 0 Å². The number of carbonyl (C=O) groups is 3. The maximum atomic E-state index is 12.5. The number of para-hydroxylation sites is 1. The van der Waals surface area contributed by atoms with E-state index in [9.17, 15) is 14.4 Å². The Hall–Kier alpha value is -3.74. The summed E-state index contributed by atoms with van der Waals surface area (Å²) in [5.74, 6) is -1.14. The summed E-state index contributed by atoms with van der Waals surface area (Å²) in [6, 6.07) is 15.9. The van der Waals surface area contributed by atoms with Crippen molar-refractivity contribution >= 4 is 23.3 Å². The zero-order valence-corrected chi connectivity index (χ0v) is 16.4. The van der Waals surface area contributed by atoms with Gasteiger partial charge in [0.15, 0.2) is 12.4 Å². The lowest BCUT2D eigenvalue weighted by Crippen LogP contribution is -2.21. The van der Waals surface area contributed by atoms with Crippen molar-refractivity contribution in [2.45, 2.75) is 20.8 Å². The molecule has 0 spiro atoms. The molecule has 2 aromatic carbocycles. The van der Waals surface area contributed by atoms with Crippen molar-refractivity contribution in [3.8, 4) is 5.69 Å². The van der Waals surface area contributed by atoms with Crippen molar-refractivity contribution in [2.75, 3.05) is 11.9 Å². The minimum absolute atomic E-state index is 0.0569. The van der Waals surface area contributed by atoms with E-state index in [0.29, 0.717) is 28.2 Å². The van der Waals surface area contributed by atoms with Crippen molar-refractivity contribution in [3.63, 3.8) is 0 Å². The molecule has 7 nitrogen and oxygen atoms in total. The van der Waals surface area contributed by atoms with Crippen LogP contribution in [0.25, 0.3) is 5.69 Å². The highest BCUT2D eigenvalue weighted by Crippen LogP contribution is 2.19. The summed E-state index contributed by atoms with van der Waals surface area (Å²) in [6.07, 6.45) is 0. The van der Waals surface area contributed by atoms with Crippen LogP contribution in [0.5, 0.6) is 0 Å². The highest BCUT2D eigenvalue weighted by atomic mass is 16.5. The maximum absolute atomic E-state index is 12.5. The molecule has 0 saturated carbocycles.